The molecular weight excluding hydrogens is 342 g/mol. The van der Waals surface area contributed by atoms with Crippen LogP contribution < -0.4 is 10.6 Å². The monoisotopic (exact) mass is 363 g/mol. The van der Waals surface area contributed by atoms with E-state index in [2.05, 4.69) is 20.8 Å². The number of hydrogen-bond acceptors (Lipinski definition) is 4. The van der Waals surface area contributed by atoms with E-state index in [1.54, 1.807) is 7.05 Å². The molecule has 134 valence electrons. The lowest BCUT2D eigenvalue weighted by Gasteiger charge is -2.18. The summed E-state index contributed by atoms with van der Waals surface area (Å²) in [4.78, 5) is 26.1. The van der Waals surface area contributed by atoms with E-state index in [9.17, 15) is 9.59 Å². The van der Waals surface area contributed by atoms with Gasteiger partial charge in [-0.25, -0.2) is 0 Å². The van der Waals surface area contributed by atoms with Crippen LogP contribution in [0.3, 0.4) is 0 Å². The van der Waals surface area contributed by atoms with Gasteiger partial charge in [-0.05, 0) is 19.1 Å². The third kappa shape index (κ3) is 4.37. The second-order valence-electron chi connectivity index (χ2n) is 6.03. The van der Waals surface area contributed by atoms with Crippen molar-refractivity contribution in [1.29, 1.82) is 0 Å². The standard InChI is InChI=1S/C17H21N5O2.ClH/c1-11-3-5-12(6-4-11)19-15(23)10-22(2)17(24)16-13-9-18-8-7-14(13)20-21-16;/h3-6,18H,7-10H2,1-2H3,(H,19,23)(H,20,21);1H. The molecular formula is C17H22ClN5O2. The third-order valence-electron chi connectivity index (χ3n) is 4.07. The number of benzene rings is 1. The van der Waals surface area contributed by atoms with Crippen molar-refractivity contribution in [3.63, 3.8) is 0 Å². The number of likely N-dealkylation sites (N-methyl/N-ethyl adjacent to an activating group) is 1. The Morgan fingerprint density at radius 3 is 2.72 bits per heavy atom. The second kappa shape index (κ2) is 8.13. The molecule has 0 aliphatic carbocycles. The first-order valence-electron chi connectivity index (χ1n) is 7.93. The molecule has 2 amide bonds. The van der Waals surface area contributed by atoms with Crippen molar-refractivity contribution in [1.82, 2.24) is 20.4 Å². The lowest BCUT2D eigenvalue weighted by molar-refractivity contribution is -0.116. The molecule has 0 bridgehead atoms. The molecule has 3 rings (SSSR count). The summed E-state index contributed by atoms with van der Waals surface area (Å²) in [5.74, 6) is -0.493. The summed E-state index contributed by atoms with van der Waals surface area (Å²) in [6, 6.07) is 7.52. The van der Waals surface area contributed by atoms with Crippen molar-refractivity contribution in [2.75, 3.05) is 25.5 Å². The fraction of sp³-hybridized carbons (Fsp3) is 0.353. The fourth-order valence-electron chi connectivity index (χ4n) is 2.71. The molecule has 1 aliphatic rings. The van der Waals surface area contributed by atoms with Crippen LogP contribution >= 0.6 is 12.4 Å². The molecule has 8 heteroatoms. The predicted octanol–water partition coefficient (Wildman–Crippen LogP) is 1.50. The minimum atomic E-state index is -0.254. The van der Waals surface area contributed by atoms with Crippen LogP contribution in [-0.4, -0.2) is 47.0 Å². The van der Waals surface area contributed by atoms with E-state index in [0.29, 0.717) is 17.9 Å². The van der Waals surface area contributed by atoms with Gasteiger partial charge in [0, 0.05) is 43.5 Å². The van der Waals surface area contributed by atoms with Gasteiger partial charge in [-0.2, -0.15) is 5.10 Å². The predicted molar refractivity (Wildman–Crippen MR) is 98.0 cm³/mol. The molecule has 0 spiro atoms. The Bertz CT molecular complexity index is 757. The summed E-state index contributed by atoms with van der Waals surface area (Å²) in [6.45, 7) is 3.45. The van der Waals surface area contributed by atoms with E-state index in [4.69, 9.17) is 0 Å². The van der Waals surface area contributed by atoms with Crippen LogP contribution in [0, 0.1) is 6.92 Å². The van der Waals surface area contributed by atoms with Crippen LogP contribution in [-0.2, 0) is 17.8 Å². The highest BCUT2D eigenvalue weighted by Gasteiger charge is 2.24. The number of anilines is 1. The smallest absolute Gasteiger partial charge is 0.274 e. The van der Waals surface area contributed by atoms with E-state index < -0.39 is 0 Å². The van der Waals surface area contributed by atoms with E-state index in [0.717, 1.165) is 29.8 Å². The number of halogens is 1. The fourth-order valence-corrected chi connectivity index (χ4v) is 2.71. The van der Waals surface area contributed by atoms with Crippen LogP contribution in [0.1, 0.15) is 27.3 Å². The number of amides is 2. The number of carbonyl (C=O) groups excluding carboxylic acids is 2. The maximum atomic E-state index is 12.5. The first-order chi connectivity index (χ1) is 11.5. The van der Waals surface area contributed by atoms with Crippen molar-refractivity contribution in [3.05, 3.63) is 46.8 Å². The molecule has 0 unspecified atom stereocenters. The van der Waals surface area contributed by atoms with E-state index in [1.165, 1.54) is 4.90 Å². The number of nitrogens with one attached hydrogen (secondary N) is 3. The van der Waals surface area contributed by atoms with E-state index in [1.807, 2.05) is 31.2 Å². The first kappa shape index (κ1) is 19.0. The molecule has 0 atom stereocenters. The highest BCUT2D eigenvalue weighted by atomic mass is 35.5. The lowest BCUT2D eigenvalue weighted by atomic mass is 10.1. The average molecular weight is 364 g/mol. The molecule has 1 aromatic heterocycles. The second-order valence-corrected chi connectivity index (χ2v) is 6.03. The van der Waals surface area contributed by atoms with Gasteiger partial charge in [0.25, 0.3) is 5.91 Å². The van der Waals surface area contributed by atoms with Crippen LogP contribution in [0.2, 0.25) is 0 Å². The van der Waals surface area contributed by atoms with Crippen molar-refractivity contribution in [2.45, 2.75) is 19.9 Å². The van der Waals surface area contributed by atoms with Crippen LogP contribution in [0.5, 0.6) is 0 Å². The molecule has 3 N–H and O–H groups in total. The maximum Gasteiger partial charge on any atom is 0.274 e. The molecule has 0 saturated heterocycles. The zero-order valence-corrected chi connectivity index (χ0v) is 15.1. The van der Waals surface area contributed by atoms with Gasteiger partial charge in [0.15, 0.2) is 5.69 Å². The Kier molecular flexibility index (Phi) is 6.17. The molecule has 1 aromatic carbocycles. The SMILES string of the molecule is Cc1ccc(NC(=O)CN(C)C(=O)c2n[nH]c3c2CNCC3)cc1.Cl. The normalized spacial score (nSPS) is 12.7. The molecule has 0 saturated carbocycles. The van der Waals surface area contributed by atoms with Crippen LogP contribution in [0.25, 0.3) is 0 Å². The van der Waals surface area contributed by atoms with Gasteiger partial charge >= 0.3 is 0 Å². The zero-order valence-electron chi connectivity index (χ0n) is 14.3. The number of aromatic amines is 1. The van der Waals surface area contributed by atoms with Crippen molar-refractivity contribution in [2.24, 2.45) is 0 Å². The largest absolute Gasteiger partial charge is 0.331 e. The minimum Gasteiger partial charge on any atom is -0.331 e. The number of nitrogens with zero attached hydrogens (tertiary/aromatic N) is 2. The molecule has 1 aliphatic heterocycles. The number of hydrogen-bond donors (Lipinski definition) is 3. The van der Waals surface area contributed by atoms with Crippen molar-refractivity contribution in [3.8, 4) is 0 Å². The summed E-state index contributed by atoms with van der Waals surface area (Å²) in [6.07, 6.45) is 0.827. The van der Waals surface area contributed by atoms with Crippen LogP contribution in [0.15, 0.2) is 24.3 Å². The Morgan fingerprint density at radius 1 is 1.28 bits per heavy atom. The summed E-state index contributed by atoms with van der Waals surface area (Å²) in [7, 11) is 1.61. The number of rotatable bonds is 4. The number of fused-ring (bicyclic) bond motifs is 1. The topological polar surface area (TPSA) is 90.1 Å². The third-order valence-corrected chi connectivity index (χ3v) is 4.07. The number of carbonyl (C=O) groups is 2. The highest BCUT2D eigenvalue weighted by molar-refractivity contribution is 5.99. The summed E-state index contributed by atoms with van der Waals surface area (Å²) in [5, 5.41) is 13.1. The Hall–Kier alpha value is -2.38. The first-order valence-corrected chi connectivity index (χ1v) is 7.93. The van der Waals surface area contributed by atoms with Crippen LogP contribution in [0.4, 0.5) is 5.69 Å². The maximum absolute atomic E-state index is 12.5. The summed E-state index contributed by atoms with van der Waals surface area (Å²) in [5.41, 5.74) is 4.12. The van der Waals surface area contributed by atoms with Gasteiger partial charge in [0.2, 0.25) is 5.91 Å². The summed E-state index contributed by atoms with van der Waals surface area (Å²) < 4.78 is 0. The quantitative estimate of drug-likeness (QED) is 0.767. The molecule has 2 heterocycles. The van der Waals surface area contributed by atoms with Gasteiger partial charge in [-0.1, -0.05) is 17.7 Å². The number of aryl methyl sites for hydroxylation is 1. The molecule has 2 aromatic rings. The van der Waals surface area contributed by atoms with Gasteiger partial charge < -0.3 is 15.5 Å². The van der Waals surface area contributed by atoms with E-state index >= 15 is 0 Å². The van der Waals surface area contributed by atoms with Gasteiger partial charge in [0.05, 0.1) is 6.54 Å². The Morgan fingerprint density at radius 2 is 2.00 bits per heavy atom. The van der Waals surface area contributed by atoms with Gasteiger partial charge in [-0.15, -0.1) is 12.4 Å². The summed E-state index contributed by atoms with van der Waals surface area (Å²) >= 11 is 0. The van der Waals surface area contributed by atoms with Crippen molar-refractivity contribution >= 4 is 29.9 Å². The van der Waals surface area contributed by atoms with Gasteiger partial charge in [0.1, 0.15) is 0 Å². The van der Waals surface area contributed by atoms with Crippen molar-refractivity contribution < 1.29 is 9.59 Å². The zero-order chi connectivity index (χ0) is 17.1. The molecule has 7 nitrogen and oxygen atoms in total. The Balaban J connectivity index is 0.00000225. The molecule has 0 radical (unpaired) electrons. The lowest BCUT2D eigenvalue weighted by Crippen LogP contribution is -2.36. The number of H-pyrrole nitrogens is 1. The average Bonchev–Trinajstić information content (AvgIpc) is 3.00. The Labute approximate surface area is 152 Å². The van der Waals surface area contributed by atoms with Gasteiger partial charge in [-0.3, -0.25) is 14.7 Å². The van der Waals surface area contributed by atoms with E-state index in [-0.39, 0.29) is 30.8 Å². The minimum absolute atomic E-state index is 0. The highest BCUT2D eigenvalue weighted by Crippen LogP contribution is 2.16. The molecule has 0 fully saturated rings. The molecule has 25 heavy (non-hydrogen) atoms. The number of aromatic nitrogens is 2.